The Hall–Kier alpha value is -0.635. The van der Waals surface area contributed by atoms with Crippen LogP contribution in [0.1, 0.15) is 40.5 Å². The molecule has 2 saturated heterocycles. The maximum absolute atomic E-state index is 14.7. The van der Waals surface area contributed by atoms with Gasteiger partial charge in [0.2, 0.25) is 0 Å². The summed E-state index contributed by atoms with van der Waals surface area (Å²) in [5.74, 6) is 0. The SMILES string of the molecule is CC1(C)OB(C(F)=C(CN2CCCC(N)C2)C(F)(F)F)OC1(C)C. The molecule has 2 aliphatic rings. The van der Waals surface area contributed by atoms with Crippen LogP contribution in [0.5, 0.6) is 0 Å². The fraction of sp³-hybridized carbons (Fsp3) is 0.867. The number of hydrogen-bond acceptors (Lipinski definition) is 4. The molecule has 2 heterocycles. The lowest BCUT2D eigenvalue weighted by molar-refractivity contribution is -0.0979. The summed E-state index contributed by atoms with van der Waals surface area (Å²) in [6, 6.07) is -0.187. The zero-order valence-electron chi connectivity index (χ0n) is 14.5. The average molecular weight is 352 g/mol. The number of nitrogens with two attached hydrogens (primary N) is 1. The van der Waals surface area contributed by atoms with Crippen LogP contribution in [0.15, 0.2) is 11.3 Å². The van der Waals surface area contributed by atoms with Crippen molar-refractivity contribution >= 4 is 7.12 Å². The molecule has 0 bridgehead atoms. The summed E-state index contributed by atoms with van der Waals surface area (Å²) in [6.07, 6.45) is -3.33. The molecule has 2 N–H and O–H groups in total. The van der Waals surface area contributed by atoms with E-state index in [-0.39, 0.29) is 6.04 Å². The van der Waals surface area contributed by atoms with Crippen molar-refractivity contribution in [2.75, 3.05) is 19.6 Å². The molecular weight excluding hydrogens is 327 g/mol. The second kappa shape index (κ2) is 6.59. The first-order chi connectivity index (χ1) is 10.8. The van der Waals surface area contributed by atoms with Gasteiger partial charge in [0.1, 0.15) is 5.73 Å². The van der Waals surface area contributed by atoms with Crippen LogP contribution >= 0.6 is 0 Å². The molecule has 0 spiro atoms. The molecule has 24 heavy (non-hydrogen) atoms. The van der Waals surface area contributed by atoms with Gasteiger partial charge in [-0.15, -0.1) is 0 Å². The lowest BCUT2D eigenvalue weighted by Crippen LogP contribution is -2.45. The average Bonchev–Trinajstić information content (AvgIpc) is 2.63. The molecule has 4 nitrogen and oxygen atoms in total. The molecular formula is C15H25BF4N2O2. The van der Waals surface area contributed by atoms with Crippen molar-refractivity contribution < 1.29 is 26.9 Å². The van der Waals surface area contributed by atoms with Gasteiger partial charge in [-0.25, -0.2) is 4.39 Å². The molecule has 2 rings (SSSR count). The Labute approximate surface area is 140 Å². The van der Waals surface area contributed by atoms with E-state index in [4.69, 9.17) is 15.0 Å². The molecule has 1 atom stereocenters. The van der Waals surface area contributed by atoms with Gasteiger partial charge in [0.25, 0.3) is 0 Å². The van der Waals surface area contributed by atoms with E-state index in [0.29, 0.717) is 19.5 Å². The van der Waals surface area contributed by atoms with Crippen LogP contribution in [0, 0.1) is 0 Å². The van der Waals surface area contributed by atoms with E-state index >= 15 is 0 Å². The number of halogens is 4. The van der Waals surface area contributed by atoms with Gasteiger partial charge in [0, 0.05) is 19.1 Å². The smallest absolute Gasteiger partial charge is 0.398 e. The van der Waals surface area contributed by atoms with E-state index < -0.39 is 42.3 Å². The topological polar surface area (TPSA) is 47.7 Å². The third-order valence-electron chi connectivity index (χ3n) is 5.01. The molecule has 138 valence electrons. The lowest BCUT2D eigenvalue weighted by Gasteiger charge is -2.32. The summed E-state index contributed by atoms with van der Waals surface area (Å²) in [7, 11) is -1.65. The standard InChI is InChI=1S/C15H25BF4N2O2/c1-13(2)14(3,4)24-16(23-13)12(17)11(15(18,19)20)9-22-7-5-6-10(21)8-22/h10H,5-9,21H2,1-4H3. The quantitative estimate of drug-likeness (QED) is 0.627. The molecule has 0 saturated carbocycles. The second-order valence-corrected chi connectivity index (χ2v) is 7.55. The van der Waals surface area contributed by atoms with E-state index in [2.05, 4.69) is 0 Å². The maximum Gasteiger partial charge on any atom is 0.525 e. The number of hydrogen-bond donors (Lipinski definition) is 1. The van der Waals surface area contributed by atoms with E-state index in [1.807, 2.05) is 0 Å². The summed E-state index contributed by atoms with van der Waals surface area (Å²) >= 11 is 0. The summed E-state index contributed by atoms with van der Waals surface area (Å²) in [5, 5.41) is 0. The molecule has 2 fully saturated rings. The Morgan fingerprint density at radius 2 is 1.75 bits per heavy atom. The third kappa shape index (κ3) is 4.12. The molecule has 2 aliphatic heterocycles. The highest BCUT2D eigenvalue weighted by Gasteiger charge is 2.55. The molecule has 0 aliphatic carbocycles. The zero-order chi connectivity index (χ0) is 18.3. The van der Waals surface area contributed by atoms with Gasteiger partial charge >= 0.3 is 13.3 Å². The predicted octanol–water partition coefficient (Wildman–Crippen LogP) is 2.83. The van der Waals surface area contributed by atoms with Crippen molar-refractivity contribution in [2.24, 2.45) is 5.73 Å². The minimum Gasteiger partial charge on any atom is -0.398 e. The maximum atomic E-state index is 14.7. The van der Waals surface area contributed by atoms with Crippen LogP contribution < -0.4 is 5.73 Å². The van der Waals surface area contributed by atoms with E-state index in [9.17, 15) is 17.6 Å². The number of likely N-dealkylation sites (tertiary alicyclic amines) is 1. The van der Waals surface area contributed by atoms with Crippen molar-refractivity contribution in [3.63, 3.8) is 0 Å². The number of piperidine rings is 1. The van der Waals surface area contributed by atoms with Gasteiger partial charge in [-0.1, -0.05) is 0 Å². The highest BCUT2D eigenvalue weighted by Crippen LogP contribution is 2.41. The Kier molecular flexibility index (Phi) is 5.40. The van der Waals surface area contributed by atoms with Gasteiger partial charge in [-0.3, -0.25) is 4.90 Å². The Bertz CT molecular complexity index is 492. The number of rotatable bonds is 3. The highest BCUT2D eigenvalue weighted by atomic mass is 19.4. The van der Waals surface area contributed by atoms with E-state index in [1.165, 1.54) is 4.90 Å². The molecule has 1 unspecified atom stereocenters. The second-order valence-electron chi connectivity index (χ2n) is 7.55. The molecule has 0 aromatic carbocycles. The van der Waals surface area contributed by atoms with Gasteiger partial charge in [0.15, 0.2) is 0 Å². The van der Waals surface area contributed by atoms with Gasteiger partial charge < -0.3 is 15.0 Å². The van der Waals surface area contributed by atoms with E-state index in [1.54, 1.807) is 27.7 Å². The van der Waals surface area contributed by atoms with Crippen LogP contribution in [0.2, 0.25) is 0 Å². The Morgan fingerprint density at radius 1 is 1.21 bits per heavy atom. The summed E-state index contributed by atoms with van der Waals surface area (Å²) in [6.45, 7) is 6.88. The number of alkyl halides is 3. The fourth-order valence-electron chi connectivity index (χ4n) is 2.85. The van der Waals surface area contributed by atoms with Crippen LogP contribution in [0.3, 0.4) is 0 Å². The minimum absolute atomic E-state index is 0.187. The van der Waals surface area contributed by atoms with Crippen molar-refractivity contribution in [2.45, 2.75) is 64.0 Å². The number of nitrogens with zero attached hydrogens (tertiary/aromatic N) is 1. The summed E-state index contributed by atoms with van der Waals surface area (Å²) in [5.41, 5.74) is 1.33. The van der Waals surface area contributed by atoms with Crippen LogP contribution in [0.4, 0.5) is 17.6 Å². The predicted molar refractivity (Wildman–Crippen MR) is 83.9 cm³/mol. The van der Waals surface area contributed by atoms with Crippen molar-refractivity contribution in [3.05, 3.63) is 11.3 Å². The van der Waals surface area contributed by atoms with Gasteiger partial charge in [0.05, 0.1) is 16.8 Å². The van der Waals surface area contributed by atoms with Crippen LogP contribution in [0.25, 0.3) is 0 Å². The van der Waals surface area contributed by atoms with Crippen molar-refractivity contribution in [1.82, 2.24) is 4.90 Å². The molecule has 0 aromatic rings. The molecule has 0 radical (unpaired) electrons. The summed E-state index contributed by atoms with van der Waals surface area (Å²) in [4.78, 5) is 1.53. The van der Waals surface area contributed by atoms with Crippen LogP contribution in [-0.4, -0.2) is 55.1 Å². The normalized spacial score (nSPS) is 28.9. The largest absolute Gasteiger partial charge is 0.525 e. The first-order valence-corrected chi connectivity index (χ1v) is 8.13. The lowest BCUT2D eigenvalue weighted by atomic mass is 9.84. The molecule has 0 aromatic heterocycles. The van der Waals surface area contributed by atoms with Crippen molar-refractivity contribution in [3.8, 4) is 0 Å². The first kappa shape index (κ1) is 19.7. The monoisotopic (exact) mass is 352 g/mol. The first-order valence-electron chi connectivity index (χ1n) is 8.13. The third-order valence-corrected chi connectivity index (χ3v) is 5.01. The zero-order valence-corrected chi connectivity index (χ0v) is 14.5. The van der Waals surface area contributed by atoms with Gasteiger partial charge in [-0.05, 0) is 47.1 Å². The molecule has 0 amide bonds. The fourth-order valence-corrected chi connectivity index (χ4v) is 2.85. The Morgan fingerprint density at radius 3 is 2.21 bits per heavy atom. The highest BCUT2D eigenvalue weighted by molar-refractivity contribution is 6.53. The van der Waals surface area contributed by atoms with Crippen molar-refractivity contribution in [1.29, 1.82) is 0 Å². The Balaban J connectivity index is 2.25. The summed E-state index contributed by atoms with van der Waals surface area (Å²) < 4.78 is 65.7. The molecule has 9 heteroatoms. The van der Waals surface area contributed by atoms with Crippen LogP contribution in [-0.2, 0) is 9.31 Å². The van der Waals surface area contributed by atoms with Gasteiger partial charge in [-0.2, -0.15) is 13.2 Å². The van der Waals surface area contributed by atoms with E-state index in [0.717, 1.165) is 6.42 Å². The minimum atomic E-state index is -4.80.